The molecule has 0 amide bonds. The third-order valence-electron chi connectivity index (χ3n) is 2.38. The lowest BCUT2D eigenvalue weighted by atomic mass is 10.2. The second-order valence-electron chi connectivity index (χ2n) is 4.57. The zero-order valence-electron chi connectivity index (χ0n) is 11.2. The summed E-state index contributed by atoms with van der Waals surface area (Å²) in [6, 6.07) is 0.167. The minimum absolute atomic E-state index is 0.167. The summed E-state index contributed by atoms with van der Waals surface area (Å²) in [5, 5.41) is 15.1. The maximum absolute atomic E-state index is 5.38. The Kier molecular flexibility index (Phi) is 6.07. The molecule has 1 unspecified atom stereocenters. The standard InChI is InChI=1S/C11H23N5O/c1-5-17-8-10(4)16-11(13-14-15-16)7-12-6-9(2)3/h9-10,12H,5-8H2,1-4H3. The SMILES string of the molecule is CCOCC(C)n1nnnc1CNCC(C)C. The molecule has 0 aliphatic heterocycles. The summed E-state index contributed by atoms with van der Waals surface area (Å²) in [6.07, 6.45) is 0. The molecule has 0 aliphatic carbocycles. The van der Waals surface area contributed by atoms with Crippen LogP contribution in [0.15, 0.2) is 0 Å². The van der Waals surface area contributed by atoms with Gasteiger partial charge in [-0.25, -0.2) is 4.68 Å². The Labute approximate surface area is 103 Å². The first-order valence-corrected chi connectivity index (χ1v) is 6.20. The molecule has 6 heteroatoms. The van der Waals surface area contributed by atoms with E-state index in [1.165, 1.54) is 0 Å². The smallest absolute Gasteiger partial charge is 0.165 e. The number of nitrogens with one attached hydrogen (secondary N) is 1. The molecular formula is C11H23N5O. The first-order chi connectivity index (χ1) is 8.15. The van der Waals surface area contributed by atoms with Gasteiger partial charge in [0.05, 0.1) is 19.2 Å². The van der Waals surface area contributed by atoms with Gasteiger partial charge in [-0.2, -0.15) is 0 Å². The molecule has 1 rings (SSSR count). The van der Waals surface area contributed by atoms with E-state index >= 15 is 0 Å². The van der Waals surface area contributed by atoms with Crippen LogP contribution in [0.25, 0.3) is 0 Å². The monoisotopic (exact) mass is 241 g/mol. The number of rotatable bonds is 8. The average Bonchev–Trinajstić information content (AvgIpc) is 2.73. The Morgan fingerprint density at radius 3 is 2.76 bits per heavy atom. The molecule has 0 saturated carbocycles. The van der Waals surface area contributed by atoms with Gasteiger partial charge in [0.25, 0.3) is 0 Å². The number of ether oxygens (including phenoxy) is 1. The Morgan fingerprint density at radius 1 is 1.35 bits per heavy atom. The van der Waals surface area contributed by atoms with Gasteiger partial charge < -0.3 is 10.1 Å². The number of hydrogen-bond acceptors (Lipinski definition) is 5. The highest BCUT2D eigenvalue weighted by molar-refractivity contribution is 4.83. The molecule has 1 atom stereocenters. The van der Waals surface area contributed by atoms with Gasteiger partial charge in [0.1, 0.15) is 0 Å². The van der Waals surface area contributed by atoms with Gasteiger partial charge in [-0.15, -0.1) is 5.10 Å². The van der Waals surface area contributed by atoms with Crippen molar-refractivity contribution in [2.75, 3.05) is 19.8 Å². The molecule has 17 heavy (non-hydrogen) atoms. The highest BCUT2D eigenvalue weighted by atomic mass is 16.5. The molecule has 1 heterocycles. The fourth-order valence-corrected chi connectivity index (χ4v) is 1.50. The molecule has 1 N–H and O–H groups in total. The quantitative estimate of drug-likeness (QED) is 0.736. The van der Waals surface area contributed by atoms with Gasteiger partial charge >= 0.3 is 0 Å². The van der Waals surface area contributed by atoms with Crippen LogP contribution in [0, 0.1) is 5.92 Å². The van der Waals surface area contributed by atoms with Crippen molar-refractivity contribution < 1.29 is 4.74 Å². The Bertz CT molecular complexity index is 313. The van der Waals surface area contributed by atoms with Crippen LogP contribution in [-0.4, -0.2) is 40.0 Å². The highest BCUT2D eigenvalue weighted by Gasteiger charge is 2.12. The number of tetrazole rings is 1. The van der Waals surface area contributed by atoms with Crippen molar-refractivity contribution in [2.45, 2.75) is 40.3 Å². The summed E-state index contributed by atoms with van der Waals surface area (Å²) in [5.41, 5.74) is 0. The van der Waals surface area contributed by atoms with Crippen molar-refractivity contribution in [2.24, 2.45) is 5.92 Å². The Hall–Kier alpha value is -1.01. The molecule has 0 aliphatic rings. The van der Waals surface area contributed by atoms with Crippen molar-refractivity contribution in [3.63, 3.8) is 0 Å². The first kappa shape index (κ1) is 14.1. The summed E-state index contributed by atoms with van der Waals surface area (Å²) >= 11 is 0. The van der Waals surface area contributed by atoms with Gasteiger partial charge in [-0.1, -0.05) is 13.8 Å². The van der Waals surface area contributed by atoms with Crippen molar-refractivity contribution >= 4 is 0 Å². The van der Waals surface area contributed by atoms with Crippen LogP contribution in [0.4, 0.5) is 0 Å². The maximum atomic E-state index is 5.38. The van der Waals surface area contributed by atoms with E-state index in [9.17, 15) is 0 Å². The first-order valence-electron chi connectivity index (χ1n) is 6.20. The molecule has 6 nitrogen and oxygen atoms in total. The van der Waals surface area contributed by atoms with Crippen LogP contribution in [0.3, 0.4) is 0 Å². The fourth-order valence-electron chi connectivity index (χ4n) is 1.50. The van der Waals surface area contributed by atoms with Crippen LogP contribution in [0.5, 0.6) is 0 Å². The molecule has 0 aromatic carbocycles. The number of nitrogens with zero attached hydrogens (tertiary/aromatic N) is 4. The van der Waals surface area contributed by atoms with E-state index in [-0.39, 0.29) is 6.04 Å². The zero-order valence-corrected chi connectivity index (χ0v) is 11.2. The summed E-state index contributed by atoms with van der Waals surface area (Å²) in [6.45, 7) is 11.4. The Morgan fingerprint density at radius 2 is 2.12 bits per heavy atom. The minimum Gasteiger partial charge on any atom is -0.380 e. The molecule has 0 saturated heterocycles. The van der Waals surface area contributed by atoms with Gasteiger partial charge in [-0.05, 0) is 36.7 Å². The van der Waals surface area contributed by atoms with E-state index in [4.69, 9.17) is 4.74 Å². The average molecular weight is 241 g/mol. The van der Waals surface area contributed by atoms with Crippen molar-refractivity contribution in [1.82, 2.24) is 25.5 Å². The molecule has 0 spiro atoms. The molecule has 0 fully saturated rings. The van der Waals surface area contributed by atoms with Crippen molar-refractivity contribution in [1.29, 1.82) is 0 Å². The second-order valence-corrected chi connectivity index (χ2v) is 4.57. The largest absolute Gasteiger partial charge is 0.380 e. The molecule has 0 radical (unpaired) electrons. The van der Waals surface area contributed by atoms with Crippen LogP contribution >= 0.6 is 0 Å². The topological polar surface area (TPSA) is 64.9 Å². The van der Waals surface area contributed by atoms with Crippen LogP contribution in [0.1, 0.15) is 39.6 Å². The molecular weight excluding hydrogens is 218 g/mol. The summed E-state index contributed by atoms with van der Waals surface area (Å²) in [4.78, 5) is 0. The molecule has 98 valence electrons. The van der Waals surface area contributed by atoms with Crippen LogP contribution in [0.2, 0.25) is 0 Å². The third-order valence-corrected chi connectivity index (χ3v) is 2.38. The zero-order chi connectivity index (χ0) is 12.7. The normalized spacial score (nSPS) is 13.2. The molecule has 1 aromatic heterocycles. The maximum Gasteiger partial charge on any atom is 0.165 e. The van der Waals surface area contributed by atoms with E-state index in [1.54, 1.807) is 0 Å². The second kappa shape index (κ2) is 7.34. The predicted molar refractivity (Wildman–Crippen MR) is 65.6 cm³/mol. The lowest BCUT2D eigenvalue weighted by molar-refractivity contribution is 0.113. The summed E-state index contributed by atoms with van der Waals surface area (Å²) < 4.78 is 7.20. The van der Waals surface area contributed by atoms with Gasteiger partial charge in [0, 0.05) is 6.61 Å². The summed E-state index contributed by atoms with van der Waals surface area (Å²) in [5.74, 6) is 1.48. The molecule has 1 aromatic rings. The summed E-state index contributed by atoms with van der Waals surface area (Å²) in [7, 11) is 0. The minimum atomic E-state index is 0.167. The van der Waals surface area contributed by atoms with Gasteiger partial charge in [0.2, 0.25) is 0 Å². The van der Waals surface area contributed by atoms with E-state index in [1.807, 2.05) is 11.6 Å². The van der Waals surface area contributed by atoms with Crippen molar-refractivity contribution in [3.05, 3.63) is 5.82 Å². The van der Waals surface area contributed by atoms with Gasteiger partial charge in [0.15, 0.2) is 5.82 Å². The molecule has 0 bridgehead atoms. The predicted octanol–water partition coefficient (Wildman–Crippen LogP) is 1.02. The number of hydrogen-bond donors (Lipinski definition) is 1. The lowest BCUT2D eigenvalue weighted by Crippen LogP contribution is -2.24. The van der Waals surface area contributed by atoms with Crippen molar-refractivity contribution in [3.8, 4) is 0 Å². The van der Waals surface area contributed by atoms with E-state index in [2.05, 4.69) is 41.6 Å². The van der Waals surface area contributed by atoms with E-state index in [0.29, 0.717) is 25.7 Å². The number of aromatic nitrogens is 4. The van der Waals surface area contributed by atoms with Crippen LogP contribution < -0.4 is 5.32 Å². The van der Waals surface area contributed by atoms with Gasteiger partial charge in [-0.3, -0.25) is 0 Å². The lowest BCUT2D eigenvalue weighted by Gasteiger charge is -2.13. The Balaban J connectivity index is 2.47. The van der Waals surface area contributed by atoms with E-state index in [0.717, 1.165) is 12.4 Å². The van der Waals surface area contributed by atoms with E-state index < -0.39 is 0 Å². The fraction of sp³-hybridized carbons (Fsp3) is 0.909. The van der Waals surface area contributed by atoms with Crippen LogP contribution in [-0.2, 0) is 11.3 Å². The third kappa shape index (κ3) is 4.79. The highest BCUT2D eigenvalue weighted by Crippen LogP contribution is 2.06.